The Hall–Kier alpha value is -2.35. The molecule has 1 aromatic heterocycles. The van der Waals surface area contributed by atoms with Crippen LogP contribution in [0, 0.1) is 0 Å². The number of nitrogens with zero attached hydrogens (tertiary/aromatic N) is 1. The highest BCUT2D eigenvalue weighted by Crippen LogP contribution is 2.30. The van der Waals surface area contributed by atoms with Crippen LogP contribution in [0.15, 0.2) is 46.9 Å². The van der Waals surface area contributed by atoms with Crippen molar-refractivity contribution < 1.29 is 18.0 Å². The average molecular weight is 398 g/mol. The predicted octanol–water partition coefficient (Wildman–Crippen LogP) is 4.53. The third-order valence-corrected chi connectivity index (χ3v) is 3.98. The van der Waals surface area contributed by atoms with Gasteiger partial charge >= 0.3 is 6.18 Å². The van der Waals surface area contributed by atoms with Crippen molar-refractivity contribution in [2.24, 2.45) is 0 Å². The fourth-order valence-corrected chi connectivity index (χ4v) is 2.72. The average Bonchev–Trinajstić information content (AvgIpc) is 2.90. The lowest BCUT2D eigenvalue weighted by atomic mass is 10.2. The summed E-state index contributed by atoms with van der Waals surface area (Å²) < 4.78 is 38.8. The summed E-state index contributed by atoms with van der Waals surface area (Å²) >= 11 is 3.38. The summed E-state index contributed by atoms with van der Waals surface area (Å²) in [5.41, 5.74) is 0.741. The van der Waals surface area contributed by atoms with Crippen LogP contribution in [0.2, 0.25) is 0 Å². The summed E-state index contributed by atoms with van der Waals surface area (Å²) in [6, 6.07) is 9.95. The predicted molar refractivity (Wildman–Crippen MR) is 87.6 cm³/mol. The second-order valence-corrected chi connectivity index (χ2v) is 5.98. The van der Waals surface area contributed by atoms with Crippen LogP contribution in [0.3, 0.4) is 0 Å². The molecule has 124 valence electrons. The van der Waals surface area contributed by atoms with E-state index >= 15 is 0 Å². The minimum atomic E-state index is -4.45. The Balaban J connectivity index is 1.74. The molecule has 0 unspecified atom stereocenters. The van der Waals surface area contributed by atoms with Crippen molar-refractivity contribution in [3.63, 3.8) is 0 Å². The van der Waals surface area contributed by atoms with Gasteiger partial charge in [0, 0.05) is 10.2 Å². The summed E-state index contributed by atoms with van der Waals surface area (Å²) in [7, 11) is 0. The lowest BCUT2D eigenvalue weighted by molar-refractivity contribution is -0.137. The fourth-order valence-electron chi connectivity index (χ4n) is 2.26. The smallest absolute Gasteiger partial charge is 0.341 e. The zero-order valence-electron chi connectivity index (χ0n) is 12.1. The molecule has 0 saturated carbocycles. The molecule has 4 nitrogen and oxygen atoms in total. The maximum absolute atomic E-state index is 12.7. The van der Waals surface area contributed by atoms with Crippen molar-refractivity contribution >= 4 is 38.6 Å². The molecule has 0 aliphatic heterocycles. The number of nitrogens with one attached hydrogen (secondary N) is 2. The highest BCUT2D eigenvalue weighted by Gasteiger charge is 2.30. The van der Waals surface area contributed by atoms with Gasteiger partial charge < -0.3 is 10.3 Å². The number of aromatic nitrogens is 2. The lowest BCUT2D eigenvalue weighted by Gasteiger charge is -2.09. The summed E-state index contributed by atoms with van der Waals surface area (Å²) in [5.74, 6) is -0.0223. The van der Waals surface area contributed by atoms with E-state index in [2.05, 4.69) is 31.2 Å². The number of rotatable bonds is 3. The number of carbonyl (C=O) groups is 1. The molecule has 0 spiro atoms. The van der Waals surface area contributed by atoms with Crippen LogP contribution >= 0.6 is 15.9 Å². The number of hydrogen-bond donors (Lipinski definition) is 2. The molecule has 0 saturated heterocycles. The van der Waals surface area contributed by atoms with Crippen molar-refractivity contribution in [2.45, 2.75) is 12.6 Å². The number of carbonyl (C=O) groups excluding carboxylic acids is 1. The number of alkyl halides is 3. The summed E-state index contributed by atoms with van der Waals surface area (Å²) in [4.78, 5) is 19.3. The van der Waals surface area contributed by atoms with E-state index in [-0.39, 0.29) is 12.1 Å². The number of H-pyrrole nitrogens is 1. The normalized spacial score (nSPS) is 11.7. The van der Waals surface area contributed by atoms with E-state index in [0.717, 1.165) is 22.1 Å². The molecule has 3 aromatic rings. The standard InChI is InChI=1S/C16H11BrF3N3O/c17-11-5-2-6-12-15(11)23-13(22-12)8-14(24)21-10-4-1-3-9(7-10)16(18,19)20/h1-7H,8H2,(H,21,24)(H,22,23). The van der Waals surface area contributed by atoms with E-state index < -0.39 is 17.6 Å². The zero-order valence-corrected chi connectivity index (χ0v) is 13.7. The van der Waals surface area contributed by atoms with Crippen LogP contribution in [-0.2, 0) is 17.4 Å². The molecule has 24 heavy (non-hydrogen) atoms. The van der Waals surface area contributed by atoms with Crippen molar-refractivity contribution in [1.82, 2.24) is 9.97 Å². The molecule has 8 heteroatoms. The fraction of sp³-hybridized carbons (Fsp3) is 0.125. The molecule has 1 heterocycles. The van der Waals surface area contributed by atoms with Crippen molar-refractivity contribution in [3.8, 4) is 0 Å². The number of amides is 1. The van der Waals surface area contributed by atoms with Crippen LogP contribution in [-0.4, -0.2) is 15.9 Å². The number of hydrogen-bond acceptors (Lipinski definition) is 2. The maximum atomic E-state index is 12.7. The van der Waals surface area contributed by atoms with Gasteiger partial charge in [-0.2, -0.15) is 13.2 Å². The summed E-state index contributed by atoms with van der Waals surface area (Å²) in [6.07, 6.45) is -4.52. The molecule has 0 atom stereocenters. The number of benzene rings is 2. The Labute approximate surface area is 143 Å². The zero-order chi connectivity index (χ0) is 17.3. The molecule has 0 aliphatic carbocycles. The van der Waals surface area contributed by atoms with E-state index in [1.54, 1.807) is 6.07 Å². The third kappa shape index (κ3) is 3.59. The van der Waals surface area contributed by atoms with E-state index in [0.29, 0.717) is 11.3 Å². The van der Waals surface area contributed by atoms with E-state index in [4.69, 9.17) is 0 Å². The van der Waals surface area contributed by atoms with Gasteiger partial charge in [-0.25, -0.2) is 4.98 Å². The number of para-hydroxylation sites is 1. The molecule has 2 N–H and O–H groups in total. The highest BCUT2D eigenvalue weighted by molar-refractivity contribution is 9.10. The second kappa shape index (κ2) is 6.27. The van der Waals surface area contributed by atoms with E-state index in [1.165, 1.54) is 12.1 Å². The monoisotopic (exact) mass is 397 g/mol. The van der Waals surface area contributed by atoms with Crippen molar-refractivity contribution in [2.75, 3.05) is 5.32 Å². The van der Waals surface area contributed by atoms with Crippen LogP contribution in [0.1, 0.15) is 11.4 Å². The molecule has 0 bridgehead atoms. The number of aromatic amines is 1. The topological polar surface area (TPSA) is 57.8 Å². The maximum Gasteiger partial charge on any atom is 0.416 e. The Morgan fingerprint density at radius 3 is 2.67 bits per heavy atom. The molecule has 3 rings (SSSR count). The van der Waals surface area contributed by atoms with Crippen molar-refractivity contribution in [1.29, 1.82) is 0 Å². The number of halogens is 4. The van der Waals surface area contributed by atoms with Crippen LogP contribution in [0.25, 0.3) is 11.0 Å². The Morgan fingerprint density at radius 1 is 1.21 bits per heavy atom. The quantitative estimate of drug-likeness (QED) is 0.682. The van der Waals surface area contributed by atoms with Gasteiger partial charge in [-0.3, -0.25) is 4.79 Å². The minimum Gasteiger partial charge on any atom is -0.341 e. The number of anilines is 1. The Morgan fingerprint density at radius 2 is 1.96 bits per heavy atom. The molecular weight excluding hydrogens is 387 g/mol. The first kappa shape index (κ1) is 16.5. The number of imidazole rings is 1. The molecule has 0 fully saturated rings. The highest BCUT2D eigenvalue weighted by atomic mass is 79.9. The molecular formula is C16H11BrF3N3O. The van der Waals surface area contributed by atoms with E-state index in [9.17, 15) is 18.0 Å². The van der Waals surface area contributed by atoms with Gasteiger partial charge in [-0.05, 0) is 46.3 Å². The Bertz CT molecular complexity index is 905. The van der Waals surface area contributed by atoms with Gasteiger partial charge in [0.2, 0.25) is 5.91 Å². The molecule has 2 aromatic carbocycles. The van der Waals surface area contributed by atoms with Gasteiger partial charge in [0.25, 0.3) is 0 Å². The molecule has 0 aliphatic rings. The third-order valence-electron chi connectivity index (χ3n) is 3.32. The summed E-state index contributed by atoms with van der Waals surface area (Å²) in [6.45, 7) is 0. The lowest BCUT2D eigenvalue weighted by Crippen LogP contribution is -2.16. The number of fused-ring (bicyclic) bond motifs is 1. The van der Waals surface area contributed by atoms with Gasteiger partial charge in [-0.15, -0.1) is 0 Å². The molecule has 1 amide bonds. The van der Waals surface area contributed by atoms with Crippen LogP contribution < -0.4 is 5.32 Å². The van der Waals surface area contributed by atoms with Gasteiger partial charge in [0.05, 0.1) is 23.0 Å². The molecule has 0 radical (unpaired) electrons. The first-order chi connectivity index (χ1) is 11.3. The SMILES string of the molecule is O=C(Cc1nc2cccc(Br)c2[nH]1)Nc1cccc(C(F)(F)F)c1. The second-order valence-electron chi connectivity index (χ2n) is 5.12. The van der Waals surface area contributed by atoms with Crippen LogP contribution in [0.4, 0.5) is 18.9 Å². The van der Waals surface area contributed by atoms with E-state index in [1.807, 2.05) is 12.1 Å². The van der Waals surface area contributed by atoms with Gasteiger partial charge in [0.1, 0.15) is 5.82 Å². The van der Waals surface area contributed by atoms with Gasteiger partial charge in [-0.1, -0.05) is 12.1 Å². The minimum absolute atomic E-state index is 0.0721. The first-order valence-corrected chi connectivity index (χ1v) is 7.72. The van der Waals surface area contributed by atoms with Crippen LogP contribution in [0.5, 0.6) is 0 Å². The van der Waals surface area contributed by atoms with Crippen molar-refractivity contribution in [3.05, 3.63) is 58.3 Å². The first-order valence-electron chi connectivity index (χ1n) is 6.93. The largest absolute Gasteiger partial charge is 0.416 e. The Kier molecular flexibility index (Phi) is 4.31. The van der Waals surface area contributed by atoms with Gasteiger partial charge in [0.15, 0.2) is 0 Å². The summed E-state index contributed by atoms with van der Waals surface area (Å²) in [5, 5.41) is 2.45.